The lowest BCUT2D eigenvalue weighted by Crippen LogP contribution is -2.32. The van der Waals surface area contributed by atoms with Crippen LogP contribution in [0, 0.1) is 11.6 Å². The van der Waals surface area contributed by atoms with E-state index in [1.165, 1.54) is 13.2 Å². The monoisotopic (exact) mass is 321 g/mol. The fourth-order valence-corrected chi connectivity index (χ4v) is 1.96. The van der Waals surface area contributed by atoms with Crippen molar-refractivity contribution in [2.24, 2.45) is 0 Å². The van der Waals surface area contributed by atoms with Gasteiger partial charge in [0.15, 0.2) is 17.7 Å². The van der Waals surface area contributed by atoms with Crippen molar-refractivity contribution in [3.8, 4) is 11.5 Å². The number of amides is 1. The summed E-state index contributed by atoms with van der Waals surface area (Å²) in [5.41, 5.74) is 0.168. The van der Waals surface area contributed by atoms with Crippen molar-refractivity contribution in [1.29, 1.82) is 0 Å². The molecule has 0 fully saturated rings. The second-order valence-corrected chi connectivity index (χ2v) is 4.81. The molecule has 0 aliphatic heterocycles. The first-order valence-electron chi connectivity index (χ1n) is 7.10. The largest absolute Gasteiger partial charge is 0.497 e. The van der Waals surface area contributed by atoms with Gasteiger partial charge in [0.1, 0.15) is 11.5 Å². The Balaban J connectivity index is 2.07. The number of carbonyl (C=O) groups excluding carboxylic acids is 1. The minimum atomic E-state index is -1.02. The van der Waals surface area contributed by atoms with E-state index in [-0.39, 0.29) is 5.69 Å². The van der Waals surface area contributed by atoms with Gasteiger partial charge in [-0.25, -0.2) is 8.78 Å². The lowest BCUT2D eigenvalue weighted by molar-refractivity contribution is -0.122. The molecular weight excluding hydrogens is 304 g/mol. The van der Waals surface area contributed by atoms with Gasteiger partial charge in [-0.05, 0) is 30.7 Å². The Hall–Kier alpha value is -2.63. The summed E-state index contributed by atoms with van der Waals surface area (Å²) in [6.07, 6.45) is -0.359. The predicted molar refractivity (Wildman–Crippen MR) is 82.7 cm³/mol. The molecule has 1 N–H and O–H groups in total. The van der Waals surface area contributed by atoms with Gasteiger partial charge in [0.05, 0.1) is 7.11 Å². The van der Waals surface area contributed by atoms with E-state index in [1.54, 1.807) is 31.2 Å². The summed E-state index contributed by atoms with van der Waals surface area (Å²) in [6.45, 7) is 1.79. The molecular formula is C17H17F2NO3. The number of methoxy groups -OCH3 is 1. The third-order valence-electron chi connectivity index (χ3n) is 3.17. The predicted octanol–water partition coefficient (Wildman–Crippen LogP) is 3.77. The maximum absolute atomic E-state index is 13.2. The summed E-state index contributed by atoms with van der Waals surface area (Å²) in [4.78, 5) is 12.2. The molecule has 23 heavy (non-hydrogen) atoms. The molecule has 0 bridgehead atoms. The van der Waals surface area contributed by atoms with Crippen molar-refractivity contribution >= 4 is 11.6 Å². The van der Waals surface area contributed by atoms with Crippen LogP contribution in [0.15, 0.2) is 42.5 Å². The van der Waals surface area contributed by atoms with Gasteiger partial charge in [0.2, 0.25) is 0 Å². The Morgan fingerprint density at radius 1 is 1.13 bits per heavy atom. The van der Waals surface area contributed by atoms with E-state index in [1.807, 2.05) is 0 Å². The molecule has 0 unspecified atom stereocenters. The molecule has 0 saturated carbocycles. The third kappa shape index (κ3) is 4.42. The Kier molecular flexibility index (Phi) is 5.51. The van der Waals surface area contributed by atoms with Crippen LogP contribution in [0.3, 0.4) is 0 Å². The van der Waals surface area contributed by atoms with Crippen molar-refractivity contribution in [1.82, 2.24) is 0 Å². The molecule has 0 heterocycles. The van der Waals surface area contributed by atoms with Crippen molar-refractivity contribution in [2.45, 2.75) is 19.4 Å². The molecule has 0 aromatic heterocycles. The number of halogens is 2. The first-order valence-corrected chi connectivity index (χ1v) is 7.10. The van der Waals surface area contributed by atoms with Gasteiger partial charge in [-0.3, -0.25) is 4.79 Å². The third-order valence-corrected chi connectivity index (χ3v) is 3.17. The van der Waals surface area contributed by atoms with Crippen LogP contribution in [-0.2, 0) is 4.79 Å². The zero-order valence-corrected chi connectivity index (χ0v) is 12.8. The zero-order valence-electron chi connectivity index (χ0n) is 12.8. The second kappa shape index (κ2) is 7.58. The molecule has 2 aromatic carbocycles. The van der Waals surface area contributed by atoms with Gasteiger partial charge >= 0.3 is 0 Å². The van der Waals surface area contributed by atoms with Crippen molar-refractivity contribution < 1.29 is 23.0 Å². The molecule has 0 radical (unpaired) electrons. The number of anilines is 1. The first-order chi connectivity index (χ1) is 11.0. The highest BCUT2D eigenvalue weighted by atomic mass is 19.2. The van der Waals surface area contributed by atoms with Crippen molar-refractivity contribution in [3.63, 3.8) is 0 Å². The van der Waals surface area contributed by atoms with Crippen LogP contribution >= 0.6 is 0 Å². The molecule has 122 valence electrons. The van der Waals surface area contributed by atoms with E-state index in [0.29, 0.717) is 17.9 Å². The Labute approximate surface area is 133 Å². The molecule has 2 aromatic rings. The smallest absolute Gasteiger partial charge is 0.265 e. The SMILES string of the molecule is CC[C@@H](Oc1cccc(OC)c1)C(=O)Nc1ccc(F)c(F)c1. The van der Waals surface area contributed by atoms with Crippen molar-refractivity contribution in [3.05, 3.63) is 54.1 Å². The van der Waals surface area contributed by atoms with E-state index in [9.17, 15) is 13.6 Å². The van der Waals surface area contributed by atoms with Gasteiger partial charge in [0.25, 0.3) is 5.91 Å². The quantitative estimate of drug-likeness (QED) is 0.881. The number of nitrogens with one attached hydrogen (secondary N) is 1. The highest BCUT2D eigenvalue weighted by Gasteiger charge is 2.19. The maximum Gasteiger partial charge on any atom is 0.265 e. The summed E-state index contributed by atoms with van der Waals surface area (Å²) < 4.78 is 36.8. The minimum absolute atomic E-state index is 0.168. The highest BCUT2D eigenvalue weighted by Crippen LogP contribution is 2.21. The normalized spacial score (nSPS) is 11.7. The molecule has 1 amide bonds. The Morgan fingerprint density at radius 2 is 1.87 bits per heavy atom. The summed E-state index contributed by atoms with van der Waals surface area (Å²) in [5.74, 6) is -1.34. The summed E-state index contributed by atoms with van der Waals surface area (Å²) in [6, 6.07) is 10.0. The minimum Gasteiger partial charge on any atom is -0.497 e. The van der Waals surface area contributed by atoms with Crippen LogP contribution in [0.1, 0.15) is 13.3 Å². The number of hydrogen-bond donors (Lipinski definition) is 1. The second-order valence-electron chi connectivity index (χ2n) is 4.81. The number of rotatable bonds is 6. The number of benzene rings is 2. The van der Waals surface area contributed by atoms with Gasteiger partial charge in [-0.15, -0.1) is 0 Å². The number of hydrogen-bond acceptors (Lipinski definition) is 3. The van der Waals surface area contributed by atoms with Gasteiger partial charge in [-0.1, -0.05) is 13.0 Å². The van der Waals surface area contributed by atoms with Gasteiger partial charge < -0.3 is 14.8 Å². The van der Waals surface area contributed by atoms with E-state index < -0.39 is 23.6 Å². The van der Waals surface area contributed by atoms with Crippen molar-refractivity contribution in [2.75, 3.05) is 12.4 Å². The maximum atomic E-state index is 13.2. The Morgan fingerprint density at radius 3 is 2.52 bits per heavy atom. The molecule has 2 rings (SSSR count). The van der Waals surface area contributed by atoms with Gasteiger partial charge in [0, 0.05) is 17.8 Å². The first kappa shape index (κ1) is 16.7. The summed E-state index contributed by atoms with van der Waals surface area (Å²) >= 11 is 0. The van der Waals surface area contributed by atoms with E-state index >= 15 is 0 Å². The van der Waals surface area contributed by atoms with Crippen LogP contribution < -0.4 is 14.8 Å². The molecule has 0 spiro atoms. The molecule has 0 aliphatic carbocycles. The molecule has 0 aliphatic rings. The fourth-order valence-electron chi connectivity index (χ4n) is 1.96. The standard InChI is InChI=1S/C17H17F2NO3/c1-3-16(23-13-6-4-5-12(10-13)22-2)17(21)20-11-7-8-14(18)15(19)9-11/h4-10,16H,3H2,1-2H3,(H,20,21)/t16-/m1/s1. The molecule has 6 heteroatoms. The number of carbonyl (C=O) groups is 1. The zero-order chi connectivity index (χ0) is 16.8. The van der Waals surface area contributed by atoms with E-state index in [0.717, 1.165) is 12.1 Å². The molecule has 4 nitrogen and oxygen atoms in total. The van der Waals surface area contributed by atoms with Crippen LogP contribution in [0.5, 0.6) is 11.5 Å². The highest BCUT2D eigenvalue weighted by molar-refractivity contribution is 5.94. The van der Waals surface area contributed by atoms with E-state index in [2.05, 4.69) is 5.32 Å². The Bertz CT molecular complexity index is 691. The summed E-state index contributed by atoms with van der Waals surface area (Å²) in [7, 11) is 1.53. The lowest BCUT2D eigenvalue weighted by Gasteiger charge is -2.17. The number of ether oxygens (including phenoxy) is 2. The lowest BCUT2D eigenvalue weighted by atomic mass is 10.2. The van der Waals surface area contributed by atoms with E-state index in [4.69, 9.17) is 9.47 Å². The fraction of sp³-hybridized carbons (Fsp3) is 0.235. The van der Waals surface area contributed by atoms with Crippen LogP contribution in [0.4, 0.5) is 14.5 Å². The van der Waals surface area contributed by atoms with Crippen LogP contribution in [0.2, 0.25) is 0 Å². The summed E-state index contributed by atoms with van der Waals surface area (Å²) in [5, 5.41) is 2.51. The topological polar surface area (TPSA) is 47.6 Å². The van der Waals surface area contributed by atoms with Crippen LogP contribution in [-0.4, -0.2) is 19.1 Å². The molecule has 0 saturated heterocycles. The molecule has 1 atom stereocenters. The average molecular weight is 321 g/mol. The van der Waals surface area contributed by atoms with Crippen LogP contribution in [0.25, 0.3) is 0 Å². The van der Waals surface area contributed by atoms with Gasteiger partial charge in [-0.2, -0.15) is 0 Å². The average Bonchev–Trinajstić information content (AvgIpc) is 2.56.